The van der Waals surface area contributed by atoms with Crippen LogP contribution in [0.5, 0.6) is 0 Å². The molecule has 0 aromatic carbocycles. The largest absolute Gasteiger partial charge is 0.345 e. The summed E-state index contributed by atoms with van der Waals surface area (Å²) in [6, 6.07) is 4.10. The highest BCUT2D eigenvalue weighted by atomic mass is 32.1. The van der Waals surface area contributed by atoms with Crippen molar-refractivity contribution in [3.05, 3.63) is 38.7 Å². The van der Waals surface area contributed by atoms with Gasteiger partial charge in [0, 0.05) is 30.3 Å². The number of aryl methyl sites for hydroxylation is 3. The van der Waals surface area contributed by atoms with E-state index in [0.717, 1.165) is 16.4 Å². The van der Waals surface area contributed by atoms with E-state index in [2.05, 4.69) is 28.4 Å². The predicted octanol–water partition coefficient (Wildman–Crippen LogP) is 2.28. The molecule has 1 atom stereocenters. The molecule has 7 nitrogen and oxygen atoms in total. The summed E-state index contributed by atoms with van der Waals surface area (Å²) < 4.78 is 2.92. The van der Waals surface area contributed by atoms with Crippen molar-refractivity contribution in [1.29, 1.82) is 0 Å². The normalized spacial score (nSPS) is 16.6. The molecule has 3 aromatic rings. The van der Waals surface area contributed by atoms with Crippen LogP contribution in [0, 0.1) is 12.8 Å². The van der Waals surface area contributed by atoms with Crippen molar-refractivity contribution < 1.29 is 4.79 Å². The van der Waals surface area contributed by atoms with E-state index < -0.39 is 0 Å². The average molecular weight is 375 g/mol. The molecule has 0 saturated carbocycles. The first-order valence-corrected chi connectivity index (χ1v) is 9.67. The van der Waals surface area contributed by atoms with Gasteiger partial charge in [-0.3, -0.25) is 9.36 Å². The summed E-state index contributed by atoms with van der Waals surface area (Å²) in [7, 11) is 1.63. The molecule has 9 heteroatoms. The Labute approximate surface area is 152 Å². The van der Waals surface area contributed by atoms with E-state index >= 15 is 0 Å². The quantitative estimate of drug-likeness (QED) is 0.761. The van der Waals surface area contributed by atoms with Crippen molar-refractivity contribution in [1.82, 2.24) is 19.3 Å². The van der Waals surface area contributed by atoms with Crippen molar-refractivity contribution >= 4 is 33.7 Å². The zero-order valence-electron chi connectivity index (χ0n) is 13.9. The van der Waals surface area contributed by atoms with Gasteiger partial charge in [-0.25, -0.2) is 14.5 Å². The molecule has 1 amide bonds. The zero-order chi connectivity index (χ0) is 17.6. The minimum Gasteiger partial charge on any atom is -0.302 e. The standard InChI is InChI=1S/C16H17N5O2S2/c1-9-3-5-12(25-9)11-8-24-15(17-11)18-14(22)10-4-6-13-19-20(2)16(23)21(13)7-10/h3,5,8,10H,4,6-7H2,1-2H3,(H,17,18,22). The number of carbonyl (C=O) groups excluding carboxylic acids is 1. The van der Waals surface area contributed by atoms with Crippen molar-refractivity contribution in [3.8, 4) is 10.6 Å². The van der Waals surface area contributed by atoms with Crippen LogP contribution in [0.3, 0.4) is 0 Å². The molecule has 3 aromatic heterocycles. The number of amides is 1. The maximum absolute atomic E-state index is 12.6. The van der Waals surface area contributed by atoms with E-state index in [1.54, 1.807) is 23.0 Å². The maximum atomic E-state index is 12.6. The smallest absolute Gasteiger partial charge is 0.302 e. The Balaban J connectivity index is 1.47. The number of thiazole rings is 1. The fraction of sp³-hybridized carbons (Fsp3) is 0.375. The average Bonchev–Trinajstić information content (AvgIpc) is 3.28. The van der Waals surface area contributed by atoms with Crippen molar-refractivity contribution in [2.75, 3.05) is 5.32 Å². The highest BCUT2D eigenvalue weighted by Crippen LogP contribution is 2.30. The third-order valence-electron chi connectivity index (χ3n) is 4.30. The molecule has 1 N–H and O–H groups in total. The third kappa shape index (κ3) is 3.05. The molecule has 0 spiro atoms. The lowest BCUT2D eigenvalue weighted by Gasteiger charge is -2.21. The molecule has 1 aliphatic heterocycles. The van der Waals surface area contributed by atoms with E-state index in [-0.39, 0.29) is 17.5 Å². The van der Waals surface area contributed by atoms with Crippen LogP contribution in [0.1, 0.15) is 17.1 Å². The first kappa shape index (κ1) is 16.2. The fourth-order valence-corrected chi connectivity index (χ4v) is 4.59. The van der Waals surface area contributed by atoms with Gasteiger partial charge in [0.15, 0.2) is 5.13 Å². The highest BCUT2D eigenvalue weighted by molar-refractivity contribution is 7.17. The molecule has 0 saturated heterocycles. The Bertz CT molecular complexity index is 997. The van der Waals surface area contributed by atoms with Crippen molar-refractivity contribution in [2.24, 2.45) is 13.0 Å². The molecule has 1 unspecified atom stereocenters. The summed E-state index contributed by atoms with van der Waals surface area (Å²) in [6.45, 7) is 2.43. The van der Waals surface area contributed by atoms with Gasteiger partial charge < -0.3 is 5.32 Å². The molecule has 4 rings (SSSR count). The van der Waals surface area contributed by atoms with Gasteiger partial charge in [0.05, 0.1) is 16.5 Å². The van der Waals surface area contributed by atoms with E-state index in [4.69, 9.17) is 0 Å². The molecule has 0 bridgehead atoms. The van der Waals surface area contributed by atoms with Gasteiger partial charge in [-0.2, -0.15) is 5.10 Å². The fourth-order valence-electron chi connectivity index (χ4n) is 2.98. The number of thiophene rings is 1. The molecule has 1 aliphatic rings. The van der Waals surface area contributed by atoms with E-state index in [9.17, 15) is 9.59 Å². The van der Waals surface area contributed by atoms with Crippen LogP contribution in [0.2, 0.25) is 0 Å². The zero-order valence-corrected chi connectivity index (χ0v) is 15.5. The van der Waals surface area contributed by atoms with Crippen LogP contribution < -0.4 is 11.0 Å². The monoisotopic (exact) mass is 375 g/mol. The molecule has 130 valence electrons. The summed E-state index contributed by atoms with van der Waals surface area (Å²) >= 11 is 3.10. The molecular formula is C16H17N5O2S2. The minimum absolute atomic E-state index is 0.0929. The number of fused-ring (bicyclic) bond motifs is 1. The minimum atomic E-state index is -0.245. The SMILES string of the molecule is Cc1ccc(-c2csc(NC(=O)C3CCc4nn(C)c(=O)n4C3)n2)s1. The van der Waals surface area contributed by atoms with Gasteiger partial charge >= 0.3 is 5.69 Å². The number of nitrogens with zero attached hydrogens (tertiary/aromatic N) is 4. The molecule has 0 aliphatic carbocycles. The number of anilines is 1. The number of hydrogen-bond acceptors (Lipinski definition) is 6. The Hall–Kier alpha value is -2.26. The summed E-state index contributed by atoms with van der Waals surface area (Å²) in [4.78, 5) is 31.4. The second-order valence-electron chi connectivity index (χ2n) is 6.11. The van der Waals surface area contributed by atoms with Crippen LogP contribution in [-0.4, -0.2) is 25.2 Å². The predicted molar refractivity (Wildman–Crippen MR) is 98.1 cm³/mol. The number of hydrogen-bond donors (Lipinski definition) is 1. The first-order valence-electron chi connectivity index (χ1n) is 7.97. The van der Waals surface area contributed by atoms with Gasteiger partial charge in [-0.15, -0.1) is 22.7 Å². The second kappa shape index (κ2) is 6.23. The van der Waals surface area contributed by atoms with Crippen LogP contribution in [0.25, 0.3) is 10.6 Å². The summed E-state index contributed by atoms with van der Waals surface area (Å²) in [5, 5.41) is 9.63. The van der Waals surface area contributed by atoms with Crippen LogP contribution >= 0.6 is 22.7 Å². The lowest BCUT2D eigenvalue weighted by Crippen LogP contribution is -2.35. The van der Waals surface area contributed by atoms with Gasteiger partial charge in [-0.1, -0.05) is 0 Å². The van der Waals surface area contributed by atoms with Gasteiger partial charge in [0.25, 0.3) is 0 Å². The number of rotatable bonds is 3. The van der Waals surface area contributed by atoms with Crippen molar-refractivity contribution in [2.45, 2.75) is 26.3 Å². The lowest BCUT2D eigenvalue weighted by molar-refractivity contribution is -0.120. The van der Waals surface area contributed by atoms with E-state index in [1.165, 1.54) is 20.9 Å². The van der Waals surface area contributed by atoms with Crippen LogP contribution in [0.15, 0.2) is 22.3 Å². The van der Waals surface area contributed by atoms with Crippen molar-refractivity contribution in [3.63, 3.8) is 0 Å². The van der Waals surface area contributed by atoms with Gasteiger partial charge in [-0.05, 0) is 25.5 Å². The van der Waals surface area contributed by atoms with Crippen LogP contribution in [0.4, 0.5) is 5.13 Å². The number of nitrogens with one attached hydrogen (secondary N) is 1. The topological polar surface area (TPSA) is 81.8 Å². The molecule has 0 radical (unpaired) electrons. The highest BCUT2D eigenvalue weighted by Gasteiger charge is 2.28. The summed E-state index contributed by atoms with van der Waals surface area (Å²) in [6.07, 6.45) is 1.32. The van der Waals surface area contributed by atoms with E-state index in [0.29, 0.717) is 24.5 Å². The molecule has 4 heterocycles. The Morgan fingerprint density at radius 2 is 2.24 bits per heavy atom. The Morgan fingerprint density at radius 1 is 1.40 bits per heavy atom. The Kier molecular flexibility index (Phi) is 4.04. The molecule has 25 heavy (non-hydrogen) atoms. The Morgan fingerprint density at radius 3 is 3.00 bits per heavy atom. The molecule has 0 fully saturated rings. The lowest BCUT2D eigenvalue weighted by atomic mass is 9.99. The van der Waals surface area contributed by atoms with Gasteiger partial charge in [0.1, 0.15) is 5.82 Å². The van der Waals surface area contributed by atoms with Gasteiger partial charge in [0.2, 0.25) is 5.91 Å². The number of aromatic nitrogens is 4. The maximum Gasteiger partial charge on any atom is 0.345 e. The number of carbonyl (C=O) groups is 1. The third-order valence-corrected chi connectivity index (χ3v) is 6.08. The van der Waals surface area contributed by atoms with Crippen LogP contribution in [-0.2, 0) is 24.8 Å². The first-order chi connectivity index (χ1) is 12.0. The molecular weight excluding hydrogens is 358 g/mol. The second-order valence-corrected chi connectivity index (χ2v) is 8.25. The van der Waals surface area contributed by atoms with E-state index in [1.807, 2.05) is 11.4 Å². The summed E-state index contributed by atoms with van der Waals surface area (Å²) in [5.41, 5.74) is 0.713. The summed E-state index contributed by atoms with van der Waals surface area (Å²) in [5.74, 6) is 0.413.